The predicted octanol–water partition coefficient (Wildman–Crippen LogP) is 3.11. The summed E-state index contributed by atoms with van der Waals surface area (Å²) in [5, 5.41) is 4.42. The van der Waals surface area contributed by atoms with E-state index in [-0.39, 0.29) is 16.0 Å². The van der Waals surface area contributed by atoms with Gasteiger partial charge in [-0.25, -0.2) is 13.4 Å². The van der Waals surface area contributed by atoms with Crippen molar-refractivity contribution in [3.05, 3.63) is 57.8 Å². The molecule has 0 fully saturated rings. The predicted molar refractivity (Wildman–Crippen MR) is 113 cm³/mol. The zero-order valence-electron chi connectivity index (χ0n) is 17.4. The Hall–Kier alpha value is -2.94. The molecule has 0 spiro atoms. The van der Waals surface area contributed by atoms with Crippen molar-refractivity contribution in [2.45, 2.75) is 52.0 Å². The van der Waals surface area contributed by atoms with Crippen LogP contribution >= 0.6 is 0 Å². The van der Waals surface area contributed by atoms with Gasteiger partial charge in [-0.2, -0.15) is 5.10 Å². The number of nitrogens with one attached hydrogen (secondary N) is 2. The standard InChI is InChI=1S/C20H25N5O3S/c1-12-11-17(26)22-19(21-12)15-7-9-16(10-8-15)24-29(27,28)18-13(2)23-25(14(18)3)20(4,5)6/h7-11,24H,1-6H3,(H,21,22,26). The summed E-state index contributed by atoms with van der Waals surface area (Å²) in [4.78, 5) is 18.8. The molecule has 0 radical (unpaired) electrons. The van der Waals surface area contributed by atoms with Gasteiger partial charge in [0.25, 0.3) is 15.6 Å². The highest BCUT2D eigenvalue weighted by Crippen LogP contribution is 2.27. The van der Waals surface area contributed by atoms with Crippen LogP contribution in [0.4, 0.5) is 5.69 Å². The van der Waals surface area contributed by atoms with Crippen LogP contribution in [0.15, 0.2) is 40.0 Å². The Morgan fingerprint density at radius 2 is 1.69 bits per heavy atom. The minimum absolute atomic E-state index is 0.182. The average molecular weight is 416 g/mol. The van der Waals surface area contributed by atoms with Crippen LogP contribution in [0.25, 0.3) is 11.4 Å². The van der Waals surface area contributed by atoms with Gasteiger partial charge in [0.2, 0.25) is 0 Å². The van der Waals surface area contributed by atoms with E-state index >= 15 is 0 Å². The summed E-state index contributed by atoms with van der Waals surface area (Å²) >= 11 is 0. The van der Waals surface area contributed by atoms with Crippen molar-refractivity contribution in [1.29, 1.82) is 0 Å². The van der Waals surface area contributed by atoms with E-state index in [1.807, 2.05) is 20.8 Å². The lowest BCUT2D eigenvalue weighted by atomic mass is 10.1. The SMILES string of the molecule is Cc1cc(=O)[nH]c(-c2ccc(NS(=O)(=O)c3c(C)nn(C(C)(C)C)c3C)cc2)n1. The summed E-state index contributed by atoms with van der Waals surface area (Å²) in [6, 6.07) is 8.08. The van der Waals surface area contributed by atoms with Crippen LogP contribution in [0.3, 0.4) is 0 Å². The van der Waals surface area contributed by atoms with Crippen LogP contribution in [0.5, 0.6) is 0 Å². The number of rotatable bonds is 4. The van der Waals surface area contributed by atoms with Crippen LogP contribution in [0.1, 0.15) is 37.9 Å². The molecule has 0 unspecified atom stereocenters. The second-order valence-corrected chi connectivity index (χ2v) is 9.62. The van der Waals surface area contributed by atoms with E-state index in [9.17, 15) is 13.2 Å². The molecule has 3 aromatic rings. The molecular formula is C20H25N5O3S. The highest BCUT2D eigenvalue weighted by Gasteiger charge is 2.28. The summed E-state index contributed by atoms with van der Waals surface area (Å²) in [7, 11) is -3.81. The molecule has 0 saturated heterocycles. The summed E-state index contributed by atoms with van der Waals surface area (Å²) in [5.74, 6) is 0.433. The number of hydrogen-bond acceptors (Lipinski definition) is 5. The van der Waals surface area contributed by atoms with Crippen molar-refractivity contribution in [3.8, 4) is 11.4 Å². The first-order chi connectivity index (χ1) is 13.4. The number of anilines is 1. The Bertz CT molecular complexity index is 1220. The fourth-order valence-electron chi connectivity index (χ4n) is 3.29. The molecule has 29 heavy (non-hydrogen) atoms. The van der Waals surface area contributed by atoms with Gasteiger partial charge in [0.15, 0.2) is 0 Å². The van der Waals surface area contributed by atoms with Crippen molar-refractivity contribution < 1.29 is 8.42 Å². The van der Waals surface area contributed by atoms with Crippen LogP contribution < -0.4 is 10.3 Å². The Morgan fingerprint density at radius 3 is 2.21 bits per heavy atom. The number of H-pyrrole nitrogens is 1. The lowest BCUT2D eigenvalue weighted by Crippen LogP contribution is -2.25. The second-order valence-electron chi connectivity index (χ2n) is 8.00. The Balaban J connectivity index is 1.92. The Labute approximate surface area is 170 Å². The number of benzene rings is 1. The van der Waals surface area contributed by atoms with Crippen molar-refractivity contribution in [3.63, 3.8) is 0 Å². The minimum Gasteiger partial charge on any atom is -0.307 e. The number of aromatic nitrogens is 4. The molecule has 3 rings (SSSR count). The lowest BCUT2D eigenvalue weighted by molar-refractivity contribution is 0.345. The van der Waals surface area contributed by atoms with E-state index in [0.29, 0.717) is 34.2 Å². The molecule has 0 atom stereocenters. The Kier molecular flexibility index (Phi) is 5.12. The van der Waals surface area contributed by atoms with Crippen molar-refractivity contribution >= 4 is 15.7 Å². The quantitative estimate of drug-likeness (QED) is 0.680. The fraction of sp³-hybridized carbons (Fsp3) is 0.350. The summed E-state index contributed by atoms with van der Waals surface area (Å²) in [6.07, 6.45) is 0. The zero-order chi connectivity index (χ0) is 21.6. The molecule has 0 aliphatic rings. The van der Waals surface area contributed by atoms with Gasteiger partial charge in [-0.05, 0) is 65.8 Å². The number of hydrogen-bond donors (Lipinski definition) is 2. The van der Waals surface area contributed by atoms with E-state index < -0.39 is 10.0 Å². The van der Waals surface area contributed by atoms with Crippen molar-refractivity contribution in [2.75, 3.05) is 4.72 Å². The third kappa shape index (κ3) is 4.24. The largest absolute Gasteiger partial charge is 0.307 e. The molecule has 0 aliphatic carbocycles. The van der Waals surface area contributed by atoms with Crippen LogP contribution in [0.2, 0.25) is 0 Å². The van der Waals surface area contributed by atoms with Crippen LogP contribution in [-0.4, -0.2) is 28.2 Å². The van der Waals surface area contributed by atoms with Gasteiger partial charge in [-0.3, -0.25) is 14.2 Å². The summed E-state index contributed by atoms with van der Waals surface area (Å²) < 4.78 is 30.3. The molecule has 0 amide bonds. The molecule has 2 heterocycles. The second kappa shape index (κ2) is 7.14. The normalized spacial score (nSPS) is 12.2. The zero-order valence-corrected chi connectivity index (χ0v) is 18.2. The molecule has 9 heteroatoms. The topological polar surface area (TPSA) is 110 Å². The maximum atomic E-state index is 13.0. The van der Waals surface area contributed by atoms with Crippen molar-refractivity contribution in [1.82, 2.24) is 19.7 Å². The van der Waals surface area contributed by atoms with Crippen LogP contribution in [0, 0.1) is 20.8 Å². The first kappa shape index (κ1) is 20.8. The smallest absolute Gasteiger partial charge is 0.265 e. The number of aromatic amines is 1. The highest BCUT2D eigenvalue weighted by atomic mass is 32.2. The summed E-state index contributed by atoms with van der Waals surface area (Å²) in [6.45, 7) is 11.1. The van der Waals surface area contributed by atoms with Crippen molar-refractivity contribution in [2.24, 2.45) is 0 Å². The first-order valence-electron chi connectivity index (χ1n) is 9.16. The maximum absolute atomic E-state index is 13.0. The third-order valence-electron chi connectivity index (χ3n) is 4.41. The van der Waals surface area contributed by atoms with Gasteiger partial charge in [-0.1, -0.05) is 0 Å². The van der Waals surface area contributed by atoms with Crippen LogP contribution in [-0.2, 0) is 15.6 Å². The third-order valence-corrected chi connectivity index (χ3v) is 6.04. The number of nitrogens with zero attached hydrogens (tertiary/aromatic N) is 3. The van der Waals surface area contributed by atoms with E-state index in [4.69, 9.17) is 0 Å². The molecule has 8 nitrogen and oxygen atoms in total. The average Bonchev–Trinajstić information content (AvgIpc) is 2.89. The maximum Gasteiger partial charge on any atom is 0.265 e. The van der Waals surface area contributed by atoms with Gasteiger partial charge < -0.3 is 4.98 Å². The van der Waals surface area contributed by atoms with E-state index in [0.717, 1.165) is 0 Å². The van der Waals surface area contributed by atoms with Gasteiger partial charge in [-0.15, -0.1) is 0 Å². The van der Waals surface area contributed by atoms with Gasteiger partial charge in [0, 0.05) is 23.0 Å². The van der Waals surface area contributed by atoms with E-state index in [1.165, 1.54) is 6.07 Å². The molecular weight excluding hydrogens is 390 g/mol. The monoisotopic (exact) mass is 415 g/mol. The molecule has 2 aromatic heterocycles. The van der Waals surface area contributed by atoms with E-state index in [1.54, 1.807) is 49.7 Å². The molecule has 0 bridgehead atoms. The molecule has 0 saturated carbocycles. The van der Waals surface area contributed by atoms with Gasteiger partial charge >= 0.3 is 0 Å². The molecule has 2 N–H and O–H groups in total. The Morgan fingerprint density at radius 1 is 1.07 bits per heavy atom. The lowest BCUT2D eigenvalue weighted by Gasteiger charge is -2.21. The van der Waals surface area contributed by atoms with E-state index in [2.05, 4.69) is 19.8 Å². The number of aryl methyl sites for hydroxylation is 2. The molecule has 154 valence electrons. The first-order valence-corrected chi connectivity index (χ1v) is 10.6. The highest BCUT2D eigenvalue weighted by molar-refractivity contribution is 7.92. The molecule has 1 aromatic carbocycles. The fourth-order valence-corrected chi connectivity index (χ4v) is 4.74. The molecule has 0 aliphatic heterocycles. The van der Waals surface area contributed by atoms with Gasteiger partial charge in [0.05, 0.1) is 16.9 Å². The van der Waals surface area contributed by atoms with Gasteiger partial charge in [0.1, 0.15) is 10.7 Å². The summed E-state index contributed by atoms with van der Waals surface area (Å²) in [5.41, 5.74) is 2.16. The number of sulfonamides is 1. The minimum atomic E-state index is -3.81.